The summed E-state index contributed by atoms with van der Waals surface area (Å²) >= 11 is 2.23. The van der Waals surface area contributed by atoms with Gasteiger partial charge in [0.1, 0.15) is 9.39 Å². The Kier molecular flexibility index (Phi) is 2.34. The summed E-state index contributed by atoms with van der Waals surface area (Å²) in [5, 5.41) is 8.46. The van der Waals surface area contributed by atoms with Crippen molar-refractivity contribution in [2.24, 2.45) is 13.0 Å². The number of aryl methyl sites for hydroxylation is 1. The van der Waals surface area contributed by atoms with E-state index in [4.69, 9.17) is 0 Å². The molecule has 1 aliphatic carbocycles. The Labute approximate surface area is 85.7 Å². The lowest BCUT2D eigenvalue weighted by Crippen LogP contribution is -2.12. The topological polar surface area (TPSA) is 30.7 Å². The van der Waals surface area contributed by atoms with Gasteiger partial charge in [-0.25, -0.2) is 0 Å². The van der Waals surface area contributed by atoms with Crippen LogP contribution in [-0.4, -0.2) is 15.0 Å². The van der Waals surface area contributed by atoms with Crippen LogP contribution in [0.2, 0.25) is 0 Å². The molecule has 1 saturated carbocycles. The zero-order chi connectivity index (χ0) is 8.55. The Morgan fingerprint density at radius 3 is 2.67 bits per heavy atom. The van der Waals surface area contributed by atoms with Gasteiger partial charge in [0.05, 0.1) is 0 Å². The summed E-state index contributed by atoms with van der Waals surface area (Å²) in [7, 11) is 1.86. The van der Waals surface area contributed by atoms with Crippen molar-refractivity contribution in [2.75, 3.05) is 0 Å². The maximum absolute atomic E-state index is 4.27. The van der Waals surface area contributed by atoms with Gasteiger partial charge in [0, 0.05) is 13.5 Å². The second-order valence-electron chi connectivity index (χ2n) is 3.22. The van der Waals surface area contributed by atoms with Crippen LogP contribution in [0.3, 0.4) is 0 Å². The van der Waals surface area contributed by atoms with Gasteiger partial charge in [0.25, 0.3) is 0 Å². The van der Waals surface area contributed by atoms with E-state index in [-0.39, 0.29) is 0 Å². The molecule has 1 radical (unpaired) electrons. The van der Waals surface area contributed by atoms with Crippen molar-refractivity contribution in [3.05, 3.63) is 15.8 Å². The van der Waals surface area contributed by atoms with Gasteiger partial charge in [0.15, 0.2) is 0 Å². The molecule has 0 bridgehead atoms. The first-order chi connectivity index (χ1) is 5.75. The Morgan fingerprint density at radius 1 is 1.50 bits per heavy atom. The summed E-state index contributed by atoms with van der Waals surface area (Å²) in [4.78, 5) is 1.63. The molecule has 0 aromatic carbocycles. The van der Waals surface area contributed by atoms with Crippen LogP contribution in [0.1, 0.15) is 25.0 Å². The van der Waals surface area contributed by atoms with Crippen LogP contribution in [0.4, 0.5) is 0 Å². The van der Waals surface area contributed by atoms with Gasteiger partial charge in [-0.2, -0.15) is 9.90 Å². The van der Waals surface area contributed by atoms with Crippen LogP contribution in [0.15, 0.2) is 0 Å². The van der Waals surface area contributed by atoms with E-state index in [2.05, 4.69) is 39.2 Å². The SMILES string of the molecule is Cn1nc(I)c([CH]C2CCC2)n1. The molecule has 0 unspecified atom stereocenters. The van der Waals surface area contributed by atoms with Crippen molar-refractivity contribution in [1.82, 2.24) is 15.0 Å². The number of rotatable bonds is 2. The predicted molar refractivity (Wildman–Crippen MR) is 54.5 cm³/mol. The van der Waals surface area contributed by atoms with E-state index in [0.717, 1.165) is 15.3 Å². The minimum Gasteiger partial charge on any atom is -0.187 e. The fourth-order valence-corrected chi connectivity index (χ4v) is 1.93. The Hall–Kier alpha value is -0.130. The average Bonchev–Trinajstić information content (AvgIpc) is 2.21. The molecule has 1 heterocycles. The summed E-state index contributed by atoms with van der Waals surface area (Å²) in [5.74, 6) is 0.759. The summed E-state index contributed by atoms with van der Waals surface area (Å²) in [5.41, 5.74) is 1.06. The van der Waals surface area contributed by atoms with E-state index in [0.29, 0.717) is 0 Å². The van der Waals surface area contributed by atoms with E-state index in [1.54, 1.807) is 4.80 Å². The number of halogens is 1. The summed E-state index contributed by atoms with van der Waals surface area (Å²) in [6.45, 7) is 0. The van der Waals surface area contributed by atoms with Gasteiger partial charge in [-0.3, -0.25) is 0 Å². The molecule has 4 heteroatoms. The molecule has 1 fully saturated rings. The first kappa shape index (κ1) is 8.47. The molecule has 0 spiro atoms. The summed E-state index contributed by atoms with van der Waals surface area (Å²) < 4.78 is 1.02. The Morgan fingerprint density at radius 2 is 2.25 bits per heavy atom. The van der Waals surface area contributed by atoms with Crippen molar-refractivity contribution in [2.45, 2.75) is 19.3 Å². The van der Waals surface area contributed by atoms with Crippen LogP contribution in [0.5, 0.6) is 0 Å². The standard InChI is InChI=1S/C8H11IN3/c1-12-10-7(8(9)11-12)5-6-3-2-4-6/h5-6H,2-4H2,1H3. The maximum atomic E-state index is 4.27. The lowest BCUT2D eigenvalue weighted by atomic mass is 9.82. The third kappa shape index (κ3) is 1.62. The summed E-state index contributed by atoms with van der Waals surface area (Å²) in [6, 6.07) is 0. The van der Waals surface area contributed by atoms with Gasteiger partial charge in [-0.15, -0.1) is 5.10 Å². The predicted octanol–water partition coefficient (Wildman–Crippen LogP) is 1.77. The molecule has 0 saturated heterocycles. The van der Waals surface area contributed by atoms with Crippen LogP contribution >= 0.6 is 22.6 Å². The van der Waals surface area contributed by atoms with Crippen LogP contribution in [-0.2, 0) is 7.05 Å². The van der Waals surface area contributed by atoms with Gasteiger partial charge in [0.2, 0.25) is 0 Å². The lowest BCUT2D eigenvalue weighted by Gasteiger charge is -2.23. The van der Waals surface area contributed by atoms with Crippen LogP contribution < -0.4 is 0 Å². The van der Waals surface area contributed by atoms with Crippen molar-refractivity contribution in [1.29, 1.82) is 0 Å². The molecule has 65 valence electrons. The number of hydrogen-bond donors (Lipinski definition) is 0. The number of hydrogen-bond acceptors (Lipinski definition) is 2. The first-order valence-electron chi connectivity index (χ1n) is 4.17. The Balaban J connectivity index is 2.05. The molecule has 1 aromatic rings. The van der Waals surface area contributed by atoms with E-state index < -0.39 is 0 Å². The molecule has 0 amide bonds. The number of nitrogens with zero attached hydrogens (tertiary/aromatic N) is 3. The lowest BCUT2D eigenvalue weighted by molar-refractivity contribution is 0.366. The van der Waals surface area contributed by atoms with Crippen LogP contribution in [0.25, 0.3) is 0 Å². The molecule has 3 nitrogen and oxygen atoms in total. The normalized spacial score (nSPS) is 17.8. The van der Waals surface area contributed by atoms with Gasteiger partial charge in [-0.1, -0.05) is 6.42 Å². The van der Waals surface area contributed by atoms with E-state index in [9.17, 15) is 0 Å². The van der Waals surface area contributed by atoms with Gasteiger partial charge >= 0.3 is 0 Å². The van der Waals surface area contributed by atoms with E-state index >= 15 is 0 Å². The van der Waals surface area contributed by atoms with Gasteiger partial charge in [-0.05, 0) is 41.4 Å². The second kappa shape index (κ2) is 3.32. The van der Waals surface area contributed by atoms with E-state index in [1.165, 1.54) is 19.3 Å². The molecule has 1 aliphatic rings. The molecule has 2 rings (SSSR count). The molecule has 1 aromatic heterocycles. The average molecular weight is 276 g/mol. The van der Waals surface area contributed by atoms with Crippen molar-refractivity contribution < 1.29 is 0 Å². The minimum atomic E-state index is 0.759. The molecule has 12 heavy (non-hydrogen) atoms. The largest absolute Gasteiger partial charge is 0.187 e. The minimum absolute atomic E-state index is 0.759. The fraction of sp³-hybridized carbons (Fsp3) is 0.625. The summed E-state index contributed by atoms with van der Waals surface area (Å²) in [6.07, 6.45) is 6.27. The first-order valence-corrected chi connectivity index (χ1v) is 5.25. The molecular weight excluding hydrogens is 265 g/mol. The maximum Gasteiger partial charge on any atom is 0.147 e. The highest BCUT2D eigenvalue weighted by atomic mass is 127. The highest BCUT2D eigenvalue weighted by molar-refractivity contribution is 14.1. The fourth-order valence-electron chi connectivity index (χ4n) is 1.33. The zero-order valence-electron chi connectivity index (χ0n) is 7.00. The highest BCUT2D eigenvalue weighted by Crippen LogP contribution is 2.31. The quantitative estimate of drug-likeness (QED) is 0.771. The number of aromatic nitrogens is 3. The van der Waals surface area contributed by atoms with Gasteiger partial charge < -0.3 is 0 Å². The zero-order valence-corrected chi connectivity index (χ0v) is 9.15. The van der Waals surface area contributed by atoms with Crippen molar-refractivity contribution in [3.8, 4) is 0 Å². The molecule has 0 N–H and O–H groups in total. The molecule has 0 atom stereocenters. The van der Waals surface area contributed by atoms with E-state index in [1.807, 2.05) is 7.05 Å². The third-order valence-corrected chi connectivity index (χ3v) is 3.01. The second-order valence-corrected chi connectivity index (χ2v) is 4.24. The molecule has 0 aliphatic heterocycles. The van der Waals surface area contributed by atoms with Crippen molar-refractivity contribution >= 4 is 22.6 Å². The van der Waals surface area contributed by atoms with Crippen molar-refractivity contribution in [3.63, 3.8) is 0 Å². The van der Waals surface area contributed by atoms with Crippen LogP contribution in [0, 0.1) is 16.0 Å². The highest BCUT2D eigenvalue weighted by Gasteiger charge is 2.21. The molecular formula is C8H11IN3. The monoisotopic (exact) mass is 276 g/mol. The third-order valence-electron chi connectivity index (χ3n) is 2.24. The smallest absolute Gasteiger partial charge is 0.147 e. The Bertz CT molecular complexity index is 278.